The highest BCUT2D eigenvalue weighted by molar-refractivity contribution is 5.87. The number of carbonyl (C=O) groups is 3. The van der Waals surface area contributed by atoms with E-state index in [1.54, 1.807) is 0 Å². The molecule has 1 unspecified atom stereocenters. The maximum atomic E-state index is 11.4. The van der Waals surface area contributed by atoms with Gasteiger partial charge in [0.2, 0.25) is 0 Å². The fraction of sp³-hybridized carbons (Fsp3) is 0.357. The van der Waals surface area contributed by atoms with E-state index >= 15 is 0 Å². The van der Waals surface area contributed by atoms with Crippen LogP contribution in [0.1, 0.15) is 19.8 Å². The standard InChI is InChI=1S/C14H18O6/c1-5-7-11(15)19-13(20-14(17)10(3)4)9-12(16)18-8-6-2/h5-6,13H,1-3,7-9H2,4H3. The molecule has 0 spiro atoms. The molecule has 0 aromatic rings. The minimum absolute atomic E-state index is 0.0145. The molecule has 0 fully saturated rings. The molecule has 0 radical (unpaired) electrons. The lowest BCUT2D eigenvalue weighted by molar-refractivity contribution is -0.188. The molecule has 0 aromatic heterocycles. The average molecular weight is 282 g/mol. The van der Waals surface area contributed by atoms with Gasteiger partial charge in [-0.1, -0.05) is 25.3 Å². The Balaban J connectivity index is 4.60. The Bertz CT molecular complexity index is 410. The van der Waals surface area contributed by atoms with Crippen LogP contribution in [0, 0.1) is 0 Å². The van der Waals surface area contributed by atoms with Crippen LogP contribution in [0.3, 0.4) is 0 Å². The van der Waals surface area contributed by atoms with Crippen molar-refractivity contribution in [3.05, 3.63) is 37.5 Å². The molecule has 0 aliphatic carbocycles. The van der Waals surface area contributed by atoms with Gasteiger partial charge in [-0.2, -0.15) is 0 Å². The summed E-state index contributed by atoms with van der Waals surface area (Å²) in [6.45, 7) is 11.6. The summed E-state index contributed by atoms with van der Waals surface area (Å²) < 4.78 is 14.4. The fourth-order valence-electron chi connectivity index (χ4n) is 0.987. The van der Waals surface area contributed by atoms with E-state index in [4.69, 9.17) is 14.2 Å². The van der Waals surface area contributed by atoms with E-state index < -0.39 is 30.6 Å². The maximum absolute atomic E-state index is 11.4. The number of rotatable bonds is 9. The zero-order chi connectivity index (χ0) is 15.5. The van der Waals surface area contributed by atoms with E-state index in [1.165, 1.54) is 19.1 Å². The van der Waals surface area contributed by atoms with E-state index in [1.807, 2.05) is 0 Å². The van der Waals surface area contributed by atoms with Crippen LogP contribution in [0.25, 0.3) is 0 Å². The van der Waals surface area contributed by atoms with E-state index in [2.05, 4.69) is 19.7 Å². The molecule has 6 nitrogen and oxygen atoms in total. The van der Waals surface area contributed by atoms with Gasteiger partial charge < -0.3 is 14.2 Å². The molecular weight excluding hydrogens is 264 g/mol. The number of ether oxygens (including phenoxy) is 3. The van der Waals surface area contributed by atoms with Gasteiger partial charge in [0.25, 0.3) is 6.29 Å². The van der Waals surface area contributed by atoms with Crippen molar-refractivity contribution in [1.29, 1.82) is 0 Å². The summed E-state index contributed by atoms with van der Waals surface area (Å²) in [4.78, 5) is 34.1. The van der Waals surface area contributed by atoms with Gasteiger partial charge in [0.05, 0.1) is 6.42 Å². The van der Waals surface area contributed by atoms with Gasteiger partial charge in [0.15, 0.2) is 0 Å². The zero-order valence-electron chi connectivity index (χ0n) is 11.4. The summed E-state index contributed by atoms with van der Waals surface area (Å²) in [5.41, 5.74) is 0.120. The lowest BCUT2D eigenvalue weighted by Crippen LogP contribution is -2.28. The van der Waals surface area contributed by atoms with Crippen molar-refractivity contribution in [2.75, 3.05) is 6.61 Å². The molecular formula is C14H18O6. The highest BCUT2D eigenvalue weighted by Crippen LogP contribution is 2.08. The summed E-state index contributed by atoms with van der Waals surface area (Å²) in [7, 11) is 0. The SMILES string of the molecule is C=CCOC(=O)CC(OC(=O)CC=C)OC(=O)C(=C)C. The van der Waals surface area contributed by atoms with Crippen molar-refractivity contribution in [3.63, 3.8) is 0 Å². The van der Waals surface area contributed by atoms with Crippen LogP contribution >= 0.6 is 0 Å². The van der Waals surface area contributed by atoms with Crippen LogP contribution < -0.4 is 0 Å². The highest BCUT2D eigenvalue weighted by Gasteiger charge is 2.23. The van der Waals surface area contributed by atoms with Crippen LogP contribution in [0.2, 0.25) is 0 Å². The first-order valence-corrected chi connectivity index (χ1v) is 5.84. The van der Waals surface area contributed by atoms with Crippen LogP contribution in [0.4, 0.5) is 0 Å². The minimum Gasteiger partial charge on any atom is -0.461 e. The molecule has 20 heavy (non-hydrogen) atoms. The minimum atomic E-state index is -1.36. The maximum Gasteiger partial charge on any atom is 0.336 e. The predicted octanol–water partition coefficient (Wildman–Crippen LogP) is 1.67. The van der Waals surface area contributed by atoms with Crippen molar-refractivity contribution in [3.8, 4) is 0 Å². The van der Waals surface area contributed by atoms with E-state index in [-0.39, 0.29) is 18.6 Å². The topological polar surface area (TPSA) is 78.9 Å². The lowest BCUT2D eigenvalue weighted by Gasteiger charge is -2.17. The Hall–Kier alpha value is -2.37. The first-order valence-electron chi connectivity index (χ1n) is 5.84. The van der Waals surface area contributed by atoms with Gasteiger partial charge in [0.1, 0.15) is 13.0 Å². The quantitative estimate of drug-likeness (QED) is 0.277. The largest absolute Gasteiger partial charge is 0.461 e. The number of esters is 3. The molecule has 110 valence electrons. The first-order chi connectivity index (χ1) is 9.40. The molecule has 0 N–H and O–H groups in total. The molecule has 0 rings (SSSR count). The smallest absolute Gasteiger partial charge is 0.336 e. The summed E-state index contributed by atoms with van der Waals surface area (Å²) in [6, 6.07) is 0. The third-order valence-electron chi connectivity index (χ3n) is 1.86. The lowest BCUT2D eigenvalue weighted by atomic mass is 10.3. The number of carbonyl (C=O) groups excluding carboxylic acids is 3. The Morgan fingerprint density at radius 2 is 1.75 bits per heavy atom. The second kappa shape index (κ2) is 9.55. The molecule has 1 atom stereocenters. The third kappa shape index (κ3) is 7.86. The molecule has 0 saturated heterocycles. The zero-order valence-corrected chi connectivity index (χ0v) is 11.4. The molecule has 0 saturated carbocycles. The first kappa shape index (κ1) is 17.6. The second-order valence-corrected chi connectivity index (χ2v) is 3.77. The summed E-state index contributed by atoms with van der Waals surface area (Å²) in [5, 5.41) is 0. The van der Waals surface area contributed by atoms with E-state index in [0.29, 0.717) is 0 Å². The van der Waals surface area contributed by atoms with Crippen LogP contribution in [0.15, 0.2) is 37.5 Å². The van der Waals surface area contributed by atoms with Gasteiger partial charge in [-0.15, -0.1) is 6.58 Å². The normalized spacial score (nSPS) is 10.8. The molecule has 0 bridgehead atoms. The third-order valence-corrected chi connectivity index (χ3v) is 1.86. The van der Waals surface area contributed by atoms with Crippen molar-refractivity contribution in [2.45, 2.75) is 26.1 Å². The number of hydrogen-bond donors (Lipinski definition) is 0. The average Bonchev–Trinajstić information content (AvgIpc) is 2.36. The number of hydrogen-bond acceptors (Lipinski definition) is 6. The Labute approximate surface area is 117 Å². The van der Waals surface area contributed by atoms with Crippen molar-refractivity contribution >= 4 is 17.9 Å². The van der Waals surface area contributed by atoms with Gasteiger partial charge in [-0.25, -0.2) is 4.79 Å². The van der Waals surface area contributed by atoms with E-state index in [9.17, 15) is 14.4 Å². The molecule has 0 aliphatic rings. The Morgan fingerprint density at radius 3 is 2.25 bits per heavy atom. The van der Waals surface area contributed by atoms with Crippen molar-refractivity contribution in [2.24, 2.45) is 0 Å². The molecule has 6 heteroatoms. The molecule has 0 heterocycles. The van der Waals surface area contributed by atoms with E-state index in [0.717, 1.165) is 0 Å². The fourth-order valence-corrected chi connectivity index (χ4v) is 0.987. The molecule has 0 aromatic carbocycles. The van der Waals surface area contributed by atoms with Crippen molar-refractivity contribution in [1.82, 2.24) is 0 Å². The summed E-state index contributed by atoms with van der Waals surface area (Å²) in [5.74, 6) is -2.12. The van der Waals surface area contributed by atoms with Crippen LogP contribution in [0.5, 0.6) is 0 Å². The van der Waals surface area contributed by atoms with Gasteiger partial charge in [-0.05, 0) is 6.92 Å². The Morgan fingerprint density at radius 1 is 1.10 bits per heavy atom. The van der Waals surface area contributed by atoms with Gasteiger partial charge in [-0.3, -0.25) is 9.59 Å². The predicted molar refractivity (Wildman–Crippen MR) is 71.4 cm³/mol. The highest BCUT2D eigenvalue weighted by atomic mass is 16.7. The molecule has 0 aliphatic heterocycles. The van der Waals surface area contributed by atoms with Crippen LogP contribution in [-0.2, 0) is 28.6 Å². The second-order valence-electron chi connectivity index (χ2n) is 3.77. The van der Waals surface area contributed by atoms with Crippen molar-refractivity contribution < 1.29 is 28.6 Å². The summed E-state index contributed by atoms with van der Waals surface area (Å²) in [6.07, 6.45) is 0.884. The van der Waals surface area contributed by atoms with Crippen LogP contribution in [-0.4, -0.2) is 30.8 Å². The summed E-state index contributed by atoms with van der Waals surface area (Å²) >= 11 is 0. The Kier molecular flexibility index (Phi) is 8.41. The van der Waals surface area contributed by atoms with Gasteiger partial charge in [0, 0.05) is 5.57 Å². The molecule has 0 amide bonds. The monoisotopic (exact) mass is 282 g/mol. The van der Waals surface area contributed by atoms with Gasteiger partial charge >= 0.3 is 17.9 Å².